The lowest BCUT2D eigenvalue weighted by molar-refractivity contribution is 0.392. The van der Waals surface area contributed by atoms with Gasteiger partial charge in [-0.15, -0.1) is 5.10 Å². The number of aromatic nitrogens is 2. The smallest absolute Gasteiger partial charge is 0.335 e. The van der Waals surface area contributed by atoms with E-state index in [9.17, 15) is 21.2 Å². The maximum atomic E-state index is 13.5. The zero-order valence-electron chi connectivity index (χ0n) is 14.2. The Bertz CT molecular complexity index is 942. The fraction of sp³-hybridized carbons (Fsp3) is 0.467. The number of halogens is 1. The number of nitrogens with zero attached hydrogens (tertiary/aromatic N) is 2. The van der Waals surface area contributed by atoms with E-state index in [4.69, 9.17) is 4.42 Å². The van der Waals surface area contributed by atoms with E-state index in [0.29, 0.717) is 25.7 Å². The number of sulfonamides is 1. The van der Waals surface area contributed by atoms with Gasteiger partial charge in [-0.05, 0) is 18.9 Å². The van der Waals surface area contributed by atoms with Crippen molar-refractivity contribution in [1.29, 1.82) is 0 Å². The fourth-order valence-electron chi connectivity index (χ4n) is 2.17. The molecule has 0 aliphatic rings. The van der Waals surface area contributed by atoms with Crippen LogP contribution in [0.25, 0.3) is 0 Å². The third kappa shape index (κ3) is 6.46. The summed E-state index contributed by atoms with van der Waals surface area (Å²) < 4.78 is 67.3. The maximum Gasteiger partial charge on any atom is 0.335 e. The molecule has 144 valence electrons. The summed E-state index contributed by atoms with van der Waals surface area (Å²) in [6.45, 7) is 0.231. The number of aryl methyl sites for hydroxylation is 1. The van der Waals surface area contributed by atoms with E-state index in [1.807, 2.05) is 0 Å². The first-order valence-corrected chi connectivity index (χ1v) is 11.4. The molecule has 0 fully saturated rings. The first-order chi connectivity index (χ1) is 12.2. The van der Waals surface area contributed by atoms with Gasteiger partial charge in [0.2, 0.25) is 25.8 Å². The molecular formula is C15H20FN3O5S2. The van der Waals surface area contributed by atoms with Crippen molar-refractivity contribution in [3.63, 3.8) is 0 Å². The van der Waals surface area contributed by atoms with Crippen LogP contribution in [0.4, 0.5) is 4.39 Å². The second-order valence-electron chi connectivity index (χ2n) is 5.79. The minimum Gasteiger partial charge on any atom is -0.413 e. The number of hydrogen-bond acceptors (Lipinski definition) is 7. The fourth-order valence-corrected chi connectivity index (χ4v) is 3.80. The maximum absolute atomic E-state index is 13.5. The molecule has 0 atom stereocenters. The average Bonchev–Trinajstić information content (AvgIpc) is 3.02. The molecule has 0 aliphatic heterocycles. The van der Waals surface area contributed by atoms with Crippen LogP contribution in [0.3, 0.4) is 0 Å². The van der Waals surface area contributed by atoms with Gasteiger partial charge in [-0.2, -0.15) is 0 Å². The van der Waals surface area contributed by atoms with Crippen molar-refractivity contribution in [3.05, 3.63) is 41.5 Å². The summed E-state index contributed by atoms with van der Waals surface area (Å²) >= 11 is 0. The highest BCUT2D eigenvalue weighted by Crippen LogP contribution is 2.11. The summed E-state index contributed by atoms with van der Waals surface area (Å²) in [5.74, 6) is -0.730. The Morgan fingerprint density at radius 2 is 1.81 bits per heavy atom. The molecule has 0 spiro atoms. The topological polar surface area (TPSA) is 119 Å². The van der Waals surface area contributed by atoms with Crippen molar-refractivity contribution in [1.82, 2.24) is 14.9 Å². The Hall–Kier alpha value is -1.85. The molecule has 26 heavy (non-hydrogen) atoms. The van der Waals surface area contributed by atoms with Crippen molar-refractivity contribution in [2.75, 3.05) is 12.8 Å². The Balaban J connectivity index is 1.68. The van der Waals surface area contributed by atoms with Crippen molar-refractivity contribution < 1.29 is 25.6 Å². The van der Waals surface area contributed by atoms with E-state index in [0.717, 1.165) is 6.26 Å². The highest BCUT2D eigenvalue weighted by Gasteiger charge is 2.16. The largest absolute Gasteiger partial charge is 0.413 e. The molecule has 2 aromatic rings. The molecule has 1 N–H and O–H groups in total. The van der Waals surface area contributed by atoms with Crippen LogP contribution >= 0.6 is 0 Å². The van der Waals surface area contributed by atoms with Crippen LogP contribution in [0.2, 0.25) is 0 Å². The van der Waals surface area contributed by atoms with E-state index >= 15 is 0 Å². The van der Waals surface area contributed by atoms with Gasteiger partial charge in [0, 0.05) is 24.8 Å². The molecule has 11 heteroatoms. The molecule has 0 amide bonds. The third-order valence-electron chi connectivity index (χ3n) is 3.46. The Morgan fingerprint density at radius 1 is 1.08 bits per heavy atom. The van der Waals surface area contributed by atoms with Gasteiger partial charge in [-0.25, -0.2) is 25.9 Å². The van der Waals surface area contributed by atoms with E-state index in [-0.39, 0.29) is 18.0 Å². The number of rotatable bonds is 10. The first kappa shape index (κ1) is 20.5. The number of benzene rings is 1. The first-order valence-electron chi connectivity index (χ1n) is 7.90. The van der Waals surface area contributed by atoms with Crippen molar-refractivity contribution in [2.45, 2.75) is 36.7 Å². The van der Waals surface area contributed by atoms with Crippen LogP contribution in [-0.4, -0.2) is 39.8 Å². The van der Waals surface area contributed by atoms with Gasteiger partial charge in [0.1, 0.15) is 5.82 Å². The van der Waals surface area contributed by atoms with Gasteiger partial charge in [-0.1, -0.05) is 29.7 Å². The number of hydrogen-bond donors (Lipinski definition) is 1. The third-order valence-corrected chi connectivity index (χ3v) is 5.59. The average molecular weight is 405 g/mol. The number of unbranched alkanes of at least 4 members (excludes halogenated alkanes) is 2. The number of sulfone groups is 1. The molecule has 1 aromatic heterocycles. The molecule has 0 saturated carbocycles. The molecule has 1 aromatic carbocycles. The monoisotopic (exact) mass is 405 g/mol. The van der Waals surface area contributed by atoms with Gasteiger partial charge in [-0.3, -0.25) is 0 Å². The summed E-state index contributed by atoms with van der Waals surface area (Å²) in [6, 6.07) is 5.74. The van der Waals surface area contributed by atoms with Gasteiger partial charge in [0.15, 0.2) is 0 Å². The minimum absolute atomic E-state index is 0.123. The molecule has 8 nitrogen and oxygen atoms in total. The quantitative estimate of drug-likeness (QED) is 0.594. The number of nitrogens with one attached hydrogen (secondary N) is 1. The van der Waals surface area contributed by atoms with E-state index in [1.54, 1.807) is 6.07 Å². The highest BCUT2D eigenvalue weighted by molar-refractivity contribution is 7.90. The molecule has 0 unspecified atom stereocenters. The molecule has 2 rings (SSSR count). The van der Waals surface area contributed by atoms with E-state index in [1.165, 1.54) is 18.2 Å². The van der Waals surface area contributed by atoms with Gasteiger partial charge < -0.3 is 4.42 Å². The normalized spacial score (nSPS) is 12.4. The van der Waals surface area contributed by atoms with Gasteiger partial charge in [0.05, 0.1) is 5.75 Å². The predicted molar refractivity (Wildman–Crippen MR) is 92.0 cm³/mol. The lowest BCUT2D eigenvalue weighted by Crippen LogP contribution is -2.26. The van der Waals surface area contributed by atoms with Gasteiger partial charge in [0.25, 0.3) is 0 Å². The van der Waals surface area contributed by atoms with Crippen LogP contribution in [0.1, 0.15) is 30.7 Å². The van der Waals surface area contributed by atoms with E-state index in [2.05, 4.69) is 14.9 Å². The van der Waals surface area contributed by atoms with Crippen LogP contribution in [-0.2, 0) is 32.0 Å². The molecule has 0 bridgehead atoms. The molecule has 0 aliphatic carbocycles. The Kier molecular flexibility index (Phi) is 6.84. The van der Waals surface area contributed by atoms with Crippen LogP contribution in [0, 0.1) is 5.82 Å². The second-order valence-corrected chi connectivity index (χ2v) is 9.49. The summed E-state index contributed by atoms with van der Waals surface area (Å²) in [5.41, 5.74) is 0.123. The lowest BCUT2D eigenvalue weighted by Gasteiger charge is -2.07. The molecule has 1 heterocycles. The Labute approximate surface area is 151 Å². The lowest BCUT2D eigenvalue weighted by atomic mass is 10.2. The van der Waals surface area contributed by atoms with Crippen molar-refractivity contribution in [2.24, 2.45) is 0 Å². The molecule has 0 radical (unpaired) electrons. The van der Waals surface area contributed by atoms with E-state index < -0.39 is 36.7 Å². The van der Waals surface area contributed by atoms with Crippen LogP contribution in [0.15, 0.2) is 33.9 Å². The second kappa shape index (κ2) is 8.69. The molecule has 0 saturated heterocycles. The molecular weight excluding hydrogens is 385 g/mol. The standard InChI is InChI=1S/C15H20FN3O5S2/c1-25(20,21)15-19-18-14(24-15)9-3-2-6-10-17-26(22,23)11-12-7-4-5-8-13(12)16/h4-5,7-8,17H,2-3,6,9-11H2,1H3. The summed E-state index contributed by atoms with van der Waals surface area (Å²) in [5, 5.41) is 6.70. The Morgan fingerprint density at radius 3 is 2.46 bits per heavy atom. The van der Waals surface area contributed by atoms with Crippen LogP contribution < -0.4 is 4.72 Å². The van der Waals surface area contributed by atoms with Crippen molar-refractivity contribution in [3.8, 4) is 0 Å². The zero-order chi connectivity index (χ0) is 19.2. The zero-order valence-corrected chi connectivity index (χ0v) is 15.8. The highest BCUT2D eigenvalue weighted by atomic mass is 32.2. The minimum atomic E-state index is -3.61. The van der Waals surface area contributed by atoms with Crippen molar-refractivity contribution >= 4 is 19.9 Å². The predicted octanol–water partition coefficient (Wildman–Crippen LogP) is 1.44. The summed E-state index contributed by atoms with van der Waals surface area (Å²) in [7, 11) is -7.12. The SMILES string of the molecule is CS(=O)(=O)c1nnc(CCCCCNS(=O)(=O)Cc2ccccc2F)o1. The van der Waals surface area contributed by atoms with Gasteiger partial charge >= 0.3 is 5.22 Å². The summed E-state index contributed by atoms with van der Waals surface area (Å²) in [4.78, 5) is 0. The summed E-state index contributed by atoms with van der Waals surface area (Å²) in [6.07, 6.45) is 3.28. The van der Waals surface area contributed by atoms with Crippen LogP contribution in [0.5, 0.6) is 0 Å².